The van der Waals surface area contributed by atoms with Gasteiger partial charge in [-0.2, -0.15) is 0 Å². The molecule has 0 radical (unpaired) electrons. The molecule has 0 spiro atoms. The van der Waals surface area contributed by atoms with Crippen LogP contribution in [0.15, 0.2) is 18.2 Å². The van der Waals surface area contributed by atoms with Gasteiger partial charge in [-0.25, -0.2) is 4.79 Å². The van der Waals surface area contributed by atoms with E-state index >= 15 is 0 Å². The maximum absolute atomic E-state index is 12.4. The third kappa shape index (κ3) is 5.68. The third-order valence-corrected chi connectivity index (χ3v) is 6.45. The number of halogens is 1. The molecule has 1 saturated heterocycles. The normalized spacial score (nSPS) is 22.2. The molecule has 1 aliphatic heterocycles. The number of carbonyl (C=O) groups is 2. The van der Waals surface area contributed by atoms with Crippen molar-refractivity contribution in [3.05, 3.63) is 29.3 Å². The monoisotopic (exact) mass is 481 g/mol. The van der Waals surface area contributed by atoms with E-state index in [4.69, 9.17) is 14.2 Å². The number of carbonyl (C=O) groups excluding carboxylic acids is 2. The Hall–Kier alpha value is -1.76. The molecular weight excluding hydrogens is 450 g/mol. The summed E-state index contributed by atoms with van der Waals surface area (Å²) in [7, 11) is 0. The van der Waals surface area contributed by atoms with Crippen LogP contribution in [0, 0.1) is 0 Å². The zero-order valence-electron chi connectivity index (χ0n) is 18.3. The Balaban J connectivity index is 1.62. The highest BCUT2D eigenvalue weighted by Crippen LogP contribution is 2.40. The second-order valence-corrected chi connectivity index (χ2v) is 9.95. The van der Waals surface area contributed by atoms with Crippen molar-refractivity contribution in [1.82, 2.24) is 4.90 Å². The number of benzene rings is 1. The molecule has 2 aliphatic rings. The Labute approximate surface area is 187 Å². The van der Waals surface area contributed by atoms with Crippen LogP contribution in [0.4, 0.5) is 4.79 Å². The highest BCUT2D eigenvalue weighted by Gasteiger charge is 2.34. The van der Waals surface area contributed by atoms with Crippen LogP contribution in [0.25, 0.3) is 0 Å². The molecule has 166 valence electrons. The van der Waals surface area contributed by atoms with Crippen LogP contribution >= 0.6 is 15.9 Å². The number of piperidine rings is 1. The van der Waals surface area contributed by atoms with Crippen LogP contribution in [0.3, 0.4) is 0 Å². The summed E-state index contributed by atoms with van der Waals surface area (Å²) in [5, 5.41) is 0. The fourth-order valence-electron chi connectivity index (χ4n) is 4.11. The summed E-state index contributed by atoms with van der Waals surface area (Å²) in [6, 6.07) is 6.10. The van der Waals surface area contributed by atoms with Crippen LogP contribution in [0.2, 0.25) is 0 Å². The predicted octanol–water partition coefficient (Wildman–Crippen LogP) is 4.82. The smallest absolute Gasteiger partial charge is 0.410 e. The summed E-state index contributed by atoms with van der Waals surface area (Å²) in [6.07, 6.45) is 3.28. The summed E-state index contributed by atoms with van der Waals surface area (Å²) < 4.78 is 16.9. The van der Waals surface area contributed by atoms with Crippen LogP contribution in [-0.2, 0) is 20.7 Å². The first kappa shape index (κ1) is 22.9. The van der Waals surface area contributed by atoms with Gasteiger partial charge in [0.05, 0.1) is 13.2 Å². The van der Waals surface area contributed by atoms with E-state index in [1.165, 1.54) is 11.1 Å². The van der Waals surface area contributed by atoms with Crippen molar-refractivity contribution in [3.63, 3.8) is 0 Å². The Bertz CT molecular complexity index is 775. The van der Waals surface area contributed by atoms with Gasteiger partial charge in [-0.3, -0.25) is 4.79 Å². The van der Waals surface area contributed by atoms with E-state index in [2.05, 4.69) is 28.1 Å². The molecule has 3 unspecified atom stereocenters. The SMILES string of the molecule is CCOC(=O)C(Br)C1CCc2cc(OC3CCCN(C(=O)OC(C)(C)C)C3)ccc21. The first-order valence-electron chi connectivity index (χ1n) is 10.8. The Morgan fingerprint density at radius 3 is 2.73 bits per heavy atom. The number of likely N-dealkylation sites (tertiary alicyclic amines) is 1. The van der Waals surface area contributed by atoms with E-state index in [1.807, 2.05) is 33.8 Å². The lowest BCUT2D eigenvalue weighted by atomic mass is 9.97. The zero-order valence-corrected chi connectivity index (χ0v) is 19.9. The fraction of sp³-hybridized carbons (Fsp3) is 0.652. The zero-order chi connectivity index (χ0) is 21.9. The first-order valence-corrected chi connectivity index (χ1v) is 11.7. The molecule has 1 aliphatic carbocycles. The number of ether oxygens (including phenoxy) is 3. The Morgan fingerprint density at radius 2 is 2.03 bits per heavy atom. The molecule has 1 aromatic carbocycles. The molecule has 0 saturated carbocycles. The molecule has 30 heavy (non-hydrogen) atoms. The number of fused-ring (bicyclic) bond motifs is 1. The molecule has 1 fully saturated rings. The molecule has 0 aromatic heterocycles. The van der Waals surface area contributed by atoms with Crippen LogP contribution in [0.5, 0.6) is 5.75 Å². The number of rotatable bonds is 5. The minimum atomic E-state index is -0.502. The molecule has 7 heteroatoms. The van der Waals surface area contributed by atoms with Gasteiger partial charge < -0.3 is 19.1 Å². The maximum Gasteiger partial charge on any atom is 0.410 e. The number of hydrogen-bond donors (Lipinski definition) is 0. The first-order chi connectivity index (χ1) is 14.2. The van der Waals surface area contributed by atoms with Gasteiger partial charge in [0.25, 0.3) is 0 Å². The number of aryl methyl sites for hydroxylation is 1. The second-order valence-electron chi connectivity index (χ2n) is 8.97. The Kier molecular flexibility index (Phi) is 7.32. The van der Waals surface area contributed by atoms with Crippen LogP contribution in [0.1, 0.15) is 64.0 Å². The number of hydrogen-bond acceptors (Lipinski definition) is 5. The van der Waals surface area contributed by atoms with E-state index < -0.39 is 5.60 Å². The van der Waals surface area contributed by atoms with Gasteiger partial charge in [-0.1, -0.05) is 22.0 Å². The number of amides is 1. The van der Waals surface area contributed by atoms with E-state index in [-0.39, 0.29) is 28.9 Å². The van der Waals surface area contributed by atoms with Crippen LogP contribution < -0.4 is 4.74 Å². The van der Waals surface area contributed by atoms with Gasteiger partial charge in [-0.15, -0.1) is 0 Å². The topological polar surface area (TPSA) is 65.1 Å². The van der Waals surface area contributed by atoms with Gasteiger partial charge in [0.2, 0.25) is 0 Å². The van der Waals surface area contributed by atoms with Gasteiger partial charge in [0.1, 0.15) is 22.3 Å². The number of alkyl halides is 1. The quantitative estimate of drug-likeness (QED) is 0.445. The molecule has 3 atom stereocenters. The minimum absolute atomic E-state index is 0.0510. The molecule has 1 aromatic rings. The standard InChI is InChI=1S/C23H32BrNO5/c1-5-28-21(26)20(24)19-10-8-15-13-16(9-11-18(15)19)29-17-7-6-12-25(14-17)22(27)30-23(2,3)4/h9,11,13,17,19-20H,5-8,10,12,14H2,1-4H3. The molecule has 1 heterocycles. The van der Waals surface area contributed by atoms with Crippen molar-refractivity contribution < 1.29 is 23.8 Å². The van der Waals surface area contributed by atoms with E-state index in [1.54, 1.807) is 4.90 Å². The average molecular weight is 482 g/mol. The highest BCUT2D eigenvalue weighted by atomic mass is 79.9. The lowest BCUT2D eigenvalue weighted by Crippen LogP contribution is -2.46. The minimum Gasteiger partial charge on any atom is -0.489 e. The average Bonchev–Trinajstić information content (AvgIpc) is 3.09. The number of nitrogens with zero attached hydrogens (tertiary/aromatic N) is 1. The van der Waals surface area contributed by atoms with E-state index in [9.17, 15) is 9.59 Å². The Morgan fingerprint density at radius 1 is 1.27 bits per heavy atom. The van der Waals surface area contributed by atoms with Gasteiger partial charge in [-0.05, 0) is 76.6 Å². The van der Waals surface area contributed by atoms with Crippen molar-refractivity contribution in [1.29, 1.82) is 0 Å². The second kappa shape index (κ2) is 9.58. The lowest BCUT2D eigenvalue weighted by molar-refractivity contribution is -0.142. The highest BCUT2D eigenvalue weighted by molar-refractivity contribution is 9.10. The molecule has 0 bridgehead atoms. The number of esters is 1. The summed E-state index contributed by atoms with van der Waals surface area (Å²) >= 11 is 3.52. The van der Waals surface area contributed by atoms with E-state index in [0.29, 0.717) is 19.7 Å². The summed E-state index contributed by atoms with van der Waals surface area (Å²) in [4.78, 5) is 25.9. The maximum atomic E-state index is 12.4. The van der Waals surface area contributed by atoms with Gasteiger partial charge >= 0.3 is 12.1 Å². The van der Waals surface area contributed by atoms with Gasteiger partial charge in [0, 0.05) is 12.5 Å². The molecule has 1 amide bonds. The van der Waals surface area contributed by atoms with Crippen LogP contribution in [-0.4, -0.2) is 53.2 Å². The fourth-order valence-corrected chi connectivity index (χ4v) is 4.79. The van der Waals surface area contributed by atoms with E-state index in [0.717, 1.165) is 31.4 Å². The van der Waals surface area contributed by atoms with Crippen molar-refractivity contribution in [2.24, 2.45) is 0 Å². The lowest BCUT2D eigenvalue weighted by Gasteiger charge is -2.34. The summed E-state index contributed by atoms with van der Waals surface area (Å²) in [6.45, 7) is 9.05. The summed E-state index contributed by atoms with van der Waals surface area (Å²) in [5.74, 6) is 0.721. The van der Waals surface area contributed by atoms with Crippen molar-refractivity contribution in [2.45, 2.75) is 75.8 Å². The largest absolute Gasteiger partial charge is 0.489 e. The van der Waals surface area contributed by atoms with Crippen molar-refractivity contribution >= 4 is 28.0 Å². The molecule has 0 N–H and O–H groups in total. The molecular formula is C23H32BrNO5. The molecule has 3 rings (SSSR count). The third-order valence-electron chi connectivity index (χ3n) is 5.44. The predicted molar refractivity (Wildman–Crippen MR) is 118 cm³/mol. The summed E-state index contributed by atoms with van der Waals surface area (Å²) in [5.41, 5.74) is 1.89. The molecule has 6 nitrogen and oxygen atoms in total. The van der Waals surface area contributed by atoms with Crippen molar-refractivity contribution in [2.75, 3.05) is 19.7 Å². The van der Waals surface area contributed by atoms with Crippen molar-refractivity contribution in [3.8, 4) is 5.75 Å². The van der Waals surface area contributed by atoms with Gasteiger partial charge in [0.15, 0.2) is 0 Å².